The first-order valence-corrected chi connectivity index (χ1v) is 6.80. The number of sulfone groups is 1. The van der Waals surface area contributed by atoms with Crippen LogP contribution in [0.5, 0.6) is 0 Å². The van der Waals surface area contributed by atoms with Crippen LogP contribution in [0.4, 0.5) is 0 Å². The summed E-state index contributed by atoms with van der Waals surface area (Å²) in [6, 6.07) is 0. The fourth-order valence-electron chi connectivity index (χ4n) is 2.05. The summed E-state index contributed by atoms with van der Waals surface area (Å²) in [5, 5.41) is 0. The second-order valence-electron chi connectivity index (χ2n) is 4.18. The maximum absolute atomic E-state index is 11.6. The van der Waals surface area contributed by atoms with Crippen molar-refractivity contribution in [2.75, 3.05) is 18.1 Å². The Labute approximate surface area is 79.4 Å². The predicted octanol–water partition coefficient (Wildman–Crippen LogP) is 0.990. The van der Waals surface area contributed by atoms with Crippen molar-refractivity contribution in [2.24, 2.45) is 5.92 Å². The molecule has 0 aromatic heterocycles. The molecular weight excluding hydrogens is 188 g/mol. The molecule has 1 saturated carbocycles. The van der Waals surface area contributed by atoms with Crippen molar-refractivity contribution in [3.8, 4) is 0 Å². The van der Waals surface area contributed by atoms with E-state index in [2.05, 4.69) is 0 Å². The molecule has 4 heteroatoms. The second kappa shape index (κ2) is 3.58. The first-order chi connectivity index (χ1) is 6.16. The lowest BCUT2D eigenvalue weighted by Crippen LogP contribution is -2.20. The molecule has 1 aliphatic heterocycles. The van der Waals surface area contributed by atoms with Gasteiger partial charge in [0.15, 0.2) is 9.84 Å². The smallest absolute Gasteiger partial charge is 0.153 e. The summed E-state index contributed by atoms with van der Waals surface area (Å²) in [7, 11) is -2.83. The van der Waals surface area contributed by atoms with Gasteiger partial charge in [0, 0.05) is 0 Å². The molecule has 2 aliphatic rings. The van der Waals surface area contributed by atoms with E-state index < -0.39 is 9.84 Å². The molecule has 1 atom stereocenters. The molecule has 1 heterocycles. The molecule has 0 aromatic carbocycles. The summed E-state index contributed by atoms with van der Waals surface area (Å²) >= 11 is 0. The highest BCUT2D eigenvalue weighted by Crippen LogP contribution is 2.26. The van der Waals surface area contributed by atoms with Gasteiger partial charge in [-0.1, -0.05) is 12.8 Å². The van der Waals surface area contributed by atoms with E-state index in [1.54, 1.807) is 0 Å². The van der Waals surface area contributed by atoms with Gasteiger partial charge in [0.25, 0.3) is 0 Å². The minimum Gasteiger partial charge on any atom is -0.372 e. The molecule has 76 valence electrons. The van der Waals surface area contributed by atoms with Crippen LogP contribution >= 0.6 is 0 Å². The third-order valence-electron chi connectivity index (χ3n) is 2.81. The maximum atomic E-state index is 11.6. The van der Waals surface area contributed by atoms with Gasteiger partial charge in [-0.25, -0.2) is 8.42 Å². The van der Waals surface area contributed by atoms with Crippen LogP contribution in [0, 0.1) is 5.92 Å². The number of ether oxygens (including phenoxy) is 1. The summed E-state index contributed by atoms with van der Waals surface area (Å²) in [6.45, 7) is 0.643. The van der Waals surface area contributed by atoms with E-state index in [0.29, 0.717) is 18.3 Å². The highest BCUT2D eigenvalue weighted by molar-refractivity contribution is 7.91. The van der Waals surface area contributed by atoms with E-state index in [-0.39, 0.29) is 11.9 Å². The molecule has 2 fully saturated rings. The van der Waals surface area contributed by atoms with Crippen LogP contribution in [0.15, 0.2) is 0 Å². The number of rotatable bonds is 4. The van der Waals surface area contributed by atoms with Gasteiger partial charge in [-0.3, -0.25) is 0 Å². The van der Waals surface area contributed by atoms with Crippen LogP contribution in [-0.2, 0) is 14.6 Å². The third-order valence-corrected chi connectivity index (χ3v) is 4.67. The fraction of sp³-hybridized carbons (Fsp3) is 1.00. The first-order valence-electron chi connectivity index (χ1n) is 4.98. The van der Waals surface area contributed by atoms with Crippen molar-refractivity contribution < 1.29 is 13.2 Å². The SMILES string of the molecule is O=S(=O)(CC1CCCC1)CC1CO1. The molecule has 2 rings (SSSR count). The van der Waals surface area contributed by atoms with E-state index >= 15 is 0 Å². The lowest BCUT2D eigenvalue weighted by molar-refractivity contribution is 0.422. The van der Waals surface area contributed by atoms with Crippen LogP contribution in [0.25, 0.3) is 0 Å². The Balaban J connectivity index is 1.83. The zero-order chi connectivity index (χ0) is 9.31. The normalized spacial score (nSPS) is 29.4. The van der Waals surface area contributed by atoms with Gasteiger partial charge in [-0.2, -0.15) is 0 Å². The highest BCUT2D eigenvalue weighted by atomic mass is 32.2. The Hall–Kier alpha value is -0.0900. The maximum Gasteiger partial charge on any atom is 0.153 e. The fourth-order valence-corrected chi connectivity index (χ4v) is 4.00. The van der Waals surface area contributed by atoms with E-state index in [0.717, 1.165) is 12.8 Å². The minimum atomic E-state index is -2.83. The number of epoxide rings is 1. The van der Waals surface area contributed by atoms with Crippen molar-refractivity contribution in [1.29, 1.82) is 0 Å². The van der Waals surface area contributed by atoms with Crippen molar-refractivity contribution >= 4 is 9.84 Å². The number of hydrogen-bond donors (Lipinski definition) is 0. The second-order valence-corrected chi connectivity index (χ2v) is 6.34. The zero-order valence-electron chi connectivity index (χ0n) is 7.74. The van der Waals surface area contributed by atoms with Crippen LogP contribution in [0.1, 0.15) is 25.7 Å². The average Bonchev–Trinajstić information content (AvgIpc) is 2.64. The quantitative estimate of drug-likeness (QED) is 0.642. The molecule has 0 bridgehead atoms. The molecular formula is C9H16O3S. The predicted molar refractivity (Wildman–Crippen MR) is 50.4 cm³/mol. The molecule has 1 unspecified atom stereocenters. The first kappa shape index (κ1) is 9.46. The van der Waals surface area contributed by atoms with Crippen LogP contribution in [-0.4, -0.2) is 32.6 Å². The molecule has 0 N–H and O–H groups in total. The Kier molecular flexibility index (Phi) is 2.60. The minimum absolute atomic E-state index is 0.0198. The lowest BCUT2D eigenvalue weighted by Gasteiger charge is -2.08. The summed E-state index contributed by atoms with van der Waals surface area (Å²) in [5.74, 6) is 1.08. The van der Waals surface area contributed by atoms with Gasteiger partial charge >= 0.3 is 0 Å². The Bertz CT molecular complexity index is 261. The topological polar surface area (TPSA) is 46.7 Å². The van der Waals surface area contributed by atoms with Crippen LogP contribution < -0.4 is 0 Å². The van der Waals surface area contributed by atoms with Crippen molar-refractivity contribution in [3.63, 3.8) is 0 Å². The molecule has 1 saturated heterocycles. The Morgan fingerprint density at radius 2 is 1.77 bits per heavy atom. The Morgan fingerprint density at radius 3 is 2.31 bits per heavy atom. The van der Waals surface area contributed by atoms with Gasteiger partial charge in [0.1, 0.15) is 0 Å². The molecule has 0 radical (unpaired) electrons. The van der Waals surface area contributed by atoms with Gasteiger partial charge in [-0.15, -0.1) is 0 Å². The summed E-state index contributed by atoms with van der Waals surface area (Å²) in [5.41, 5.74) is 0. The van der Waals surface area contributed by atoms with Gasteiger partial charge < -0.3 is 4.74 Å². The zero-order valence-corrected chi connectivity index (χ0v) is 8.55. The molecule has 1 aliphatic carbocycles. The van der Waals surface area contributed by atoms with Crippen molar-refractivity contribution in [3.05, 3.63) is 0 Å². The van der Waals surface area contributed by atoms with Crippen molar-refractivity contribution in [1.82, 2.24) is 0 Å². The third kappa shape index (κ3) is 2.95. The van der Waals surface area contributed by atoms with Crippen molar-refractivity contribution in [2.45, 2.75) is 31.8 Å². The van der Waals surface area contributed by atoms with Gasteiger partial charge in [0.05, 0.1) is 24.2 Å². The molecule has 3 nitrogen and oxygen atoms in total. The summed E-state index contributed by atoms with van der Waals surface area (Å²) < 4.78 is 28.0. The Morgan fingerprint density at radius 1 is 1.15 bits per heavy atom. The molecule has 0 amide bonds. The molecule has 13 heavy (non-hydrogen) atoms. The number of hydrogen-bond acceptors (Lipinski definition) is 3. The largest absolute Gasteiger partial charge is 0.372 e. The van der Waals surface area contributed by atoms with E-state index in [1.807, 2.05) is 0 Å². The lowest BCUT2D eigenvalue weighted by atomic mass is 10.1. The van der Waals surface area contributed by atoms with E-state index in [9.17, 15) is 8.42 Å². The van der Waals surface area contributed by atoms with E-state index in [4.69, 9.17) is 4.74 Å². The van der Waals surface area contributed by atoms with Gasteiger partial charge in [0.2, 0.25) is 0 Å². The van der Waals surface area contributed by atoms with Gasteiger partial charge in [-0.05, 0) is 18.8 Å². The monoisotopic (exact) mass is 204 g/mol. The summed E-state index contributed by atoms with van der Waals surface area (Å²) in [4.78, 5) is 0. The highest BCUT2D eigenvalue weighted by Gasteiger charge is 2.31. The summed E-state index contributed by atoms with van der Waals surface area (Å²) in [6.07, 6.45) is 4.64. The molecule has 0 aromatic rings. The average molecular weight is 204 g/mol. The molecule has 0 spiro atoms. The van der Waals surface area contributed by atoms with E-state index in [1.165, 1.54) is 12.8 Å². The van der Waals surface area contributed by atoms with Crippen LogP contribution in [0.2, 0.25) is 0 Å². The van der Waals surface area contributed by atoms with Crippen LogP contribution in [0.3, 0.4) is 0 Å². The standard InChI is InChI=1S/C9H16O3S/c10-13(11,7-9-5-12-9)6-8-3-1-2-4-8/h8-9H,1-7H2.